The molecule has 0 unspecified atom stereocenters. The first-order valence-electron chi connectivity index (χ1n) is 7.55. The zero-order valence-corrected chi connectivity index (χ0v) is 14.5. The first kappa shape index (κ1) is 18.6. The van der Waals surface area contributed by atoms with Gasteiger partial charge in [-0.05, 0) is 36.8 Å². The maximum atomic E-state index is 12.2. The lowest BCUT2D eigenvalue weighted by Crippen LogP contribution is -2.10. The molecule has 0 radical (unpaired) electrons. The molecule has 0 aliphatic heterocycles. The normalized spacial score (nSPS) is 12.0. The van der Waals surface area contributed by atoms with Crippen LogP contribution in [0.2, 0.25) is 0 Å². The number of non-ortho nitro benzene ring substituents is 1. The molecule has 0 aromatic heterocycles. The molecular weight excluding hydrogens is 344 g/mol. The number of hydrogen-bond acceptors (Lipinski definition) is 6. The largest absolute Gasteiger partial charge is 0.391 e. The summed E-state index contributed by atoms with van der Waals surface area (Å²) in [5, 5.41) is 14.5. The molecule has 0 saturated heterocycles. The van der Waals surface area contributed by atoms with Crippen LogP contribution in [0.4, 0.5) is 5.69 Å². The van der Waals surface area contributed by atoms with Gasteiger partial charge in [0.05, 0.1) is 21.3 Å². The van der Waals surface area contributed by atoms with Crippen LogP contribution >= 0.6 is 0 Å². The van der Waals surface area contributed by atoms with E-state index in [4.69, 9.17) is 4.84 Å². The van der Waals surface area contributed by atoms with Gasteiger partial charge in [-0.25, -0.2) is 8.42 Å². The van der Waals surface area contributed by atoms with Crippen molar-refractivity contribution in [3.8, 4) is 0 Å². The summed E-state index contributed by atoms with van der Waals surface area (Å²) in [7, 11) is -3.35. The molecule has 0 aliphatic carbocycles. The topological polar surface area (TPSA) is 98.9 Å². The molecule has 0 N–H and O–H groups in total. The Morgan fingerprint density at radius 3 is 2.36 bits per heavy atom. The third kappa shape index (κ3) is 5.68. The van der Waals surface area contributed by atoms with Gasteiger partial charge in [0.15, 0.2) is 9.84 Å². The summed E-state index contributed by atoms with van der Waals surface area (Å²) in [6.07, 6.45) is 0.261. The van der Waals surface area contributed by atoms with E-state index in [2.05, 4.69) is 5.16 Å². The van der Waals surface area contributed by atoms with E-state index >= 15 is 0 Å². The first-order chi connectivity index (χ1) is 11.9. The van der Waals surface area contributed by atoms with Crippen LogP contribution in [-0.2, 0) is 21.3 Å². The standard InChI is InChI=1S/C17H18N2O5S/c1-14(11-12-25(22,23)17-5-3-2-4-6-17)18-24-13-15-7-9-16(10-8-15)19(20)21/h2-10H,11-13H2,1H3/b18-14-. The summed E-state index contributed by atoms with van der Waals surface area (Å²) in [5.74, 6) is -0.0484. The van der Waals surface area contributed by atoms with Crippen molar-refractivity contribution in [2.24, 2.45) is 5.16 Å². The van der Waals surface area contributed by atoms with Gasteiger partial charge in [0, 0.05) is 18.6 Å². The van der Waals surface area contributed by atoms with E-state index in [1.807, 2.05) is 0 Å². The summed E-state index contributed by atoms with van der Waals surface area (Å²) in [5.41, 5.74) is 1.30. The summed E-state index contributed by atoms with van der Waals surface area (Å²) in [6, 6.07) is 14.2. The second-order valence-electron chi connectivity index (χ2n) is 5.41. The number of rotatable bonds is 8. The van der Waals surface area contributed by atoms with Crippen molar-refractivity contribution in [2.45, 2.75) is 24.8 Å². The predicted molar refractivity (Wildman–Crippen MR) is 94.1 cm³/mol. The predicted octanol–water partition coefficient (Wildman–Crippen LogP) is 3.35. The van der Waals surface area contributed by atoms with Crippen molar-refractivity contribution < 1.29 is 18.2 Å². The van der Waals surface area contributed by atoms with Crippen LogP contribution < -0.4 is 0 Å². The van der Waals surface area contributed by atoms with E-state index in [1.54, 1.807) is 49.4 Å². The number of nitro groups is 1. The SMILES string of the molecule is C/C(CCS(=O)(=O)c1ccccc1)=N/OCc1ccc([N+](=O)[O-])cc1. The van der Waals surface area contributed by atoms with Crippen molar-refractivity contribution in [3.63, 3.8) is 0 Å². The van der Waals surface area contributed by atoms with E-state index in [0.717, 1.165) is 5.56 Å². The van der Waals surface area contributed by atoms with Gasteiger partial charge >= 0.3 is 0 Å². The minimum Gasteiger partial charge on any atom is -0.391 e. The molecule has 0 saturated carbocycles. The highest BCUT2D eigenvalue weighted by Crippen LogP contribution is 2.13. The smallest absolute Gasteiger partial charge is 0.269 e. The fourth-order valence-corrected chi connectivity index (χ4v) is 3.38. The fraction of sp³-hybridized carbons (Fsp3) is 0.235. The van der Waals surface area contributed by atoms with Gasteiger partial charge in [0.2, 0.25) is 0 Å². The number of nitrogens with zero attached hydrogens (tertiary/aromatic N) is 2. The van der Waals surface area contributed by atoms with Gasteiger partial charge in [-0.1, -0.05) is 23.4 Å². The Balaban J connectivity index is 1.84. The molecule has 132 valence electrons. The zero-order chi connectivity index (χ0) is 18.3. The highest BCUT2D eigenvalue weighted by molar-refractivity contribution is 7.91. The molecule has 0 fully saturated rings. The quantitative estimate of drug-likeness (QED) is 0.407. The highest BCUT2D eigenvalue weighted by Gasteiger charge is 2.14. The van der Waals surface area contributed by atoms with Gasteiger partial charge in [-0.3, -0.25) is 10.1 Å². The number of nitro benzene ring substituents is 1. The third-order valence-corrected chi connectivity index (χ3v) is 5.17. The van der Waals surface area contributed by atoms with E-state index in [-0.39, 0.29) is 29.4 Å². The minimum atomic E-state index is -3.35. The summed E-state index contributed by atoms with van der Waals surface area (Å²) < 4.78 is 24.3. The van der Waals surface area contributed by atoms with Crippen LogP contribution in [0.25, 0.3) is 0 Å². The van der Waals surface area contributed by atoms with Crippen molar-refractivity contribution in [1.82, 2.24) is 0 Å². The Labute approximate surface area is 146 Å². The van der Waals surface area contributed by atoms with Crippen molar-refractivity contribution >= 4 is 21.2 Å². The lowest BCUT2D eigenvalue weighted by molar-refractivity contribution is -0.384. The fourth-order valence-electron chi connectivity index (χ4n) is 2.00. The molecule has 7 nitrogen and oxygen atoms in total. The lowest BCUT2D eigenvalue weighted by Gasteiger charge is -2.05. The number of benzene rings is 2. The lowest BCUT2D eigenvalue weighted by atomic mass is 10.2. The van der Waals surface area contributed by atoms with Crippen LogP contribution in [0, 0.1) is 10.1 Å². The number of hydrogen-bond donors (Lipinski definition) is 0. The van der Waals surface area contributed by atoms with E-state index in [9.17, 15) is 18.5 Å². The molecule has 2 aromatic rings. The maximum absolute atomic E-state index is 12.2. The summed E-state index contributed by atoms with van der Waals surface area (Å²) in [6.45, 7) is 1.84. The molecular formula is C17H18N2O5S. The van der Waals surface area contributed by atoms with Crippen LogP contribution in [0.5, 0.6) is 0 Å². The molecule has 0 bridgehead atoms. The number of sulfone groups is 1. The Kier molecular flexibility index (Phi) is 6.24. The Hall–Kier alpha value is -2.74. The van der Waals surface area contributed by atoms with Crippen LogP contribution in [-0.4, -0.2) is 24.8 Å². The van der Waals surface area contributed by atoms with E-state index in [1.165, 1.54) is 12.1 Å². The van der Waals surface area contributed by atoms with Crippen molar-refractivity contribution in [2.75, 3.05) is 5.75 Å². The minimum absolute atomic E-state index is 0.00884. The number of oxime groups is 1. The van der Waals surface area contributed by atoms with Crippen LogP contribution in [0.15, 0.2) is 64.6 Å². The van der Waals surface area contributed by atoms with Crippen molar-refractivity contribution in [1.29, 1.82) is 0 Å². The van der Waals surface area contributed by atoms with Gasteiger partial charge in [0.25, 0.3) is 5.69 Å². The summed E-state index contributed by atoms with van der Waals surface area (Å²) >= 11 is 0. The molecule has 0 aliphatic rings. The molecule has 25 heavy (non-hydrogen) atoms. The Morgan fingerprint density at radius 2 is 1.76 bits per heavy atom. The van der Waals surface area contributed by atoms with Crippen LogP contribution in [0.3, 0.4) is 0 Å². The second-order valence-corrected chi connectivity index (χ2v) is 7.51. The Bertz CT molecular complexity index is 846. The molecule has 0 atom stereocenters. The maximum Gasteiger partial charge on any atom is 0.269 e. The van der Waals surface area contributed by atoms with Crippen LogP contribution in [0.1, 0.15) is 18.9 Å². The van der Waals surface area contributed by atoms with Gasteiger partial charge in [-0.15, -0.1) is 0 Å². The third-order valence-electron chi connectivity index (χ3n) is 3.43. The van der Waals surface area contributed by atoms with Gasteiger partial charge < -0.3 is 4.84 Å². The molecule has 2 aromatic carbocycles. The van der Waals surface area contributed by atoms with Crippen molar-refractivity contribution in [3.05, 3.63) is 70.3 Å². The molecule has 2 rings (SSSR count). The van der Waals surface area contributed by atoms with Gasteiger partial charge in [0.1, 0.15) is 6.61 Å². The van der Waals surface area contributed by atoms with Gasteiger partial charge in [-0.2, -0.15) is 0 Å². The molecule has 0 heterocycles. The monoisotopic (exact) mass is 362 g/mol. The highest BCUT2D eigenvalue weighted by atomic mass is 32.2. The average molecular weight is 362 g/mol. The summed E-state index contributed by atoms with van der Waals surface area (Å²) in [4.78, 5) is 15.6. The molecule has 0 amide bonds. The Morgan fingerprint density at radius 1 is 1.12 bits per heavy atom. The first-order valence-corrected chi connectivity index (χ1v) is 9.20. The molecule has 8 heteroatoms. The average Bonchev–Trinajstić information content (AvgIpc) is 2.61. The zero-order valence-electron chi connectivity index (χ0n) is 13.7. The molecule has 0 spiro atoms. The van der Waals surface area contributed by atoms with E-state index in [0.29, 0.717) is 5.71 Å². The van der Waals surface area contributed by atoms with E-state index < -0.39 is 14.8 Å². The second kappa shape index (κ2) is 8.39.